The Labute approximate surface area is 233 Å². The molecule has 1 aliphatic heterocycles. The van der Waals surface area contributed by atoms with E-state index in [1.807, 2.05) is 0 Å². The van der Waals surface area contributed by atoms with Gasteiger partial charge in [-0.3, -0.25) is 9.59 Å². The molecule has 12 heteroatoms. The molecule has 1 saturated heterocycles. The lowest BCUT2D eigenvalue weighted by molar-refractivity contribution is -0.180. The second-order valence-corrected chi connectivity index (χ2v) is 10.6. The monoisotopic (exact) mass is 567 g/mol. The molecule has 2 aromatic carbocycles. The largest absolute Gasteiger partial charge is 0.397 e. The molecule has 0 unspecified atom stereocenters. The van der Waals surface area contributed by atoms with Crippen LogP contribution >= 0.6 is 0 Å². The summed E-state index contributed by atoms with van der Waals surface area (Å²) in [4.78, 5) is 31.5. The van der Waals surface area contributed by atoms with Gasteiger partial charge in [0.2, 0.25) is 5.82 Å². The summed E-state index contributed by atoms with van der Waals surface area (Å²) < 4.78 is 46.7. The first-order chi connectivity index (χ1) is 19.4. The Balaban J connectivity index is 1.33. The Bertz CT molecular complexity index is 1600. The highest BCUT2D eigenvalue weighted by atomic mass is 19.4. The Kier molecular flexibility index (Phi) is 7.52. The number of carbonyl (C=O) groups is 1. The molecule has 1 fully saturated rings. The number of aliphatic hydroxyl groups is 1. The molecule has 0 radical (unpaired) electrons. The fraction of sp³-hybridized carbons (Fsp3) is 0.345. The van der Waals surface area contributed by atoms with E-state index in [1.165, 1.54) is 41.1 Å². The lowest BCUT2D eigenvalue weighted by Crippen LogP contribution is -2.40. The van der Waals surface area contributed by atoms with Crippen LogP contribution in [0.4, 0.5) is 13.2 Å². The van der Waals surface area contributed by atoms with Gasteiger partial charge in [-0.05, 0) is 56.0 Å². The number of piperidine rings is 1. The van der Waals surface area contributed by atoms with E-state index in [2.05, 4.69) is 15.2 Å². The summed E-state index contributed by atoms with van der Waals surface area (Å²) in [5.41, 5.74) is -0.431. The maximum Gasteiger partial charge on any atom is 0.397 e. The number of carbonyl (C=O) groups excluding carboxylic acids is 1. The third-order valence-corrected chi connectivity index (χ3v) is 7.34. The van der Waals surface area contributed by atoms with Crippen molar-refractivity contribution in [1.82, 2.24) is 24.8 Å². The van der Waals surface area contributed by atoms with Crippen LogP contribution in [0.25, 0.3) is 23.0 Å². The van der Waals surface area contributed by atoms with Crippen LogP contribution in [0.1, 0.15) is 48.2 Å². The number of likely N-dealkylation sites (tertiary alicyclic amines) is 1. The molecule has 0 bridgehead atoms. The van der Waals surface area contributed by atoms with E-state index in [-0.39, 0.29) is 47.1 Å². The first-order valence-corrected chi connectivity index (χ1v) is 13.1. The van der Waals surface area contributed by atoms with Crippen molar-refractivity contribution >= 4 is 5.91 Å². The van der Waals surface area contributed by atoms with Crippen LogP contribution in [0.5, 0.6) is 0 Å². The van der Waals surface area contributed by atoms with Crippen molar-refractivity contribution in [3.63, 3.8) is 0 Å². The summed E-state index contributed by atoms with van der Waals surface area (Å²) in [5, 5.41) is 18.0. The molecule has 4 aromatic rings. The lowest BCUT2D eigenvalue weighted by Gasteiger charge is -2.29. The van der Waals surface area contributed by atoms with E-state index < -0.39 is 11.6 Å². The predicted molar refractivity (Wildman–Crippen MR) is 143 cm³/mol. The van der Waals surface area contributed by atoms with Gasteiger partial charge in [0.25, 0.3) is 17.4 Å². The van der Waals surface area contributed by atoms with Gasteiger partial charge in [0, 0.05) is 30.3 Å². The number of aliphatic hydroxyl groups excluding tert-OH is 1. The van der Waals surface area contributed by atoms with Gasteiger partial charge < -0.3 is 14.5 Å². The number of hydrogen-bond acceptors (Lipinski definition) is 7. The van der Waals surface area contributed by atoms with Crippen LogP contribution in [0.2, 0.25) is 0 Å². The minimum Gasteiger partial charge on any atom is -0.393 e. The molecule has 5 rings (SSSR count). The summed E-state index contributed by atoms with van der Waals surface area (Å²) in [6, 6.07) is 15.4. The van der Waals surface area contributed by atoms with E-state index in [4.69, 9.17) is 4.52 Å². The predicted octanol–water partition coefficient (Wildman–Crippen LogP) is 4.45. The third kappa shape index (κ3) is 5.92. The summed E-state index contributed by atoms with van der Waals surface area (Å²) in [6.07, 6.45) is -3.72. The molecular weight excluding hydrogens is 539 g/mol. The highest BCUT2D eigenvalue weighted by Gasteiger charge is 2.48. The lowest BCUT2D eigenvalue weighted by atomic mass is 9.83. The van der Waals surface area contributed by atoms with E-state index in [0.29, 0.717) is 42.6 Å². The molecule has 214 valence electrons. The Morgan fingerprint density at radius 1 is 1.05 bits per heavy atom. The standard InChI is InChI=1S/C29H28F3N5O4/c1-28(2,29(30,31)32)21-8-6-19(7-9-21)25-33-26(41-35-25)23-10-11-24(39)37(34-23)17-18-4-3-5-20(16-18)27(40)36-14-12-22(38)13-15-36/h3-11,16,22,38H,12-15,17H2,1-2H3. The van der Waals surface area contributed by atoms with Crippen molar-refractivity contribution in [1.29, 1.82) is 0 Å². The summed E-state index contributed by atoms with van der Waals surface area (Å²) in [5.74, 6) is 0.0539. The molecule has 1 N–H and O–H groups in total. The number of aromatic nitrogens is 4. The Morgan fingerprint density at radius 2 is 1.76 bits per heavy atom. The van der Waals surface area contributed by atoms with Gasteiger partial charge >= 0.3 is 6.18 Å². The quantitative estimate of drug-likeness (QED) is 0.366. The zero-order valence-electron chi connectivity index (χ0n) is 22.4. The first kappa shape index (κ1) is 28.2. The van der Waals surface area contributed by atoms with Crippen LogP contribution in [0.3, 0.4) is 0 Å². The average Bonchev–Trinajstić information content (AvgIpc) is 3.44. The highest BCUT2D eigenvalue weighted by molar-refractivity contribution is 5.94. The van der Waals surface area contributed by atoms with E-state index in [0.717, 1.165) is 13.8 Å². The molecule has 1 aliphatic rings. The van der Waals surface area contributed by atoms with Crippen molar-refractivity contribution in [3.05, 3.63) is 87.7 Å². The normalized spacial score (nSPS) is 14.8. The molecule has 0 saturated carbocycles. The van der Waals surface area contributed by atoms with Gasteiger partial charge in [0.05, 0.1) is 18.1 Å². The van der Waals surface area contributed by atoms with Gasteiger partial charge in [0.15, 0.2) is 0 Å². The van der Waals surface area contributed by atoms with Gasteiger partial charge in [-0.2, -0.15) is 23.3 Å². The second-order valence-electron chi connectivity index (χ2n) is 10.6. The molecule has 0 aliphatic carbocycles. The van der Waals surface area contributed by atoms with Gasteiger partial charge in [-0.1, -0.05) is 41.6 Å². The molecule has 3 heterocycles. The number of halogens is 3. The fourth-order valence-electron chi connectivity index (χ4n) is 4.55. The second kappa shape index (κ2) is 10.9. The topological polar surface area (TPSA) is 114 Å². The Hall–Kier alpha value is -4.32. The number of benzene rings is 2. The van der Waals surface area contributed by atoms with Gasteiger partial charge in [-0.15, -0.1) is 0 Å². The van der Waals surface area contributed by atoms with E-state index >= 15 is 0 Å². The van der Waals surface area contributed by atoms with Gasteiger partial charge in [0.1, 0.15) is 5.69 Å². The Morgan fingerprint density at radius 3 is 2.44 bits per heavy atom. The smallest absolute Gasteiger partial charge is 0.393 e. The maximum absolute atomic E-state index is 13.4. The SMILES string of the molecule is CC(C)(c1ccc(-c2noc(-c3ccc(=O)n(Cc4cccc(C(=O)N5CCC(O)CC5)c4)n3)n2)cc1)C(F)(F)F. The number of amides is 1. The van der Waals surface area contributed by atoms with E-state index in [9.17, 15) is 27.9 Å². The number of hydrogen-bond donors (Lipinski definition) is 1. The van der Waals surface area contributed by atoms with Gasteiger partial charge in [-0.25, -0.2) is 4.68 Å². The van der Waals surface area contributed by atoms with Crippen LogP contribution in [0, 0.1) is 0 Å². The van der Waals surface area contributed by atoms with E-state index in [1.54, 1.807) is 29.2 Å². The zero-order valence-corrected chi connectivity index (χ0v) is 22.4. The van der Waals surface area contributed by atoms with Crippen LogP contribution < -0.4 is 5.56 Å². The van der Waals surface area contributed by atoms with Crippen molar-refractivity contribution < 1.29 is 27.6 Å². The summed E-state index contributed by atoms with van der Waals surface area (Å²) in [6.45, 7) is 3.28. The number of rotatable bonds is 6. The fourth-order valence-corrected chi connectivity index (χ4v) is 4.55. The van der Waals surface area contributed by atoms with Crippen molar-refractivity contribution in [3.8, 4) is 23.0 Å². The molecule has 9 nitrogen and oxygen atoms in total. The molecule has 1 amide bonds. The number of alkyl halides is 3. The third-order valence-electron chi connectivity index (χ3n) is 7.34. The number of nitrogens with zero attached hydrogens (tertiary/aromatic N) is 5. The minimum absolute atomic E-state index is 0.0321. The molecule has 41 heavy (non-hydrogen) atoms. The summed E-state index contributed by atoms with van der Waals surface area (Å²) >= 11 is 0. The zero-order chi connectivity index (χ0) is 29.4. The van der Waals surface area contributed by atoms with Crippen LogP contribution in [-0.2, 0) is 12.0 Å². The maximum atomic E-state index is 13.4. The molecule has 0 atom stereocenters. The van der Waals surface area contributed by atoms with Crippen LogP contribution in [0.15, 0.2) is 70.0 Å². The average molecular weight is 568 g/mol. The van der Waals surface area contributed by atoms with Crippen LogP contribution in [-0.4, -0.2) is 61.2 Å². The van der Waals surface area contributed by atoms with Crippen molar-refractivity contribution in [2.75, 3.05) is 13.1 Å². The molecule has 2 aromatic heterocycles. The van der Waals surface area contributed by atoms with Crippen molar-refractivity contribution in [2.45, 2.75) is 50.9 Å². The van der Waals surface area contributed by atoms with Crippen molar-refractivity contribution in [2.24, 2.45) is 0 Å². The highest BCUT2D eigenvalue weighted by Crippen LogP contribution is 2.40. The molecule has 0 spiro atoms. The first-order valence-electron chi connectivity index (χ1n) is 13.1. The minimum atomic E-state index is -4.41. The summed E-state index contributed by atoms with van der Waals surface area (Å²) in [7, 11) is 0. The molecular formula is C29H28F3N5O4.